The Bertz CT molecular complexity index is 710. The highest BCUT2D eigenvalue weighted by Crippen LogP contribution is 2.25. The summed E-state index contributed by atoms with van der Waals surface area (Å²) >= 11 is 0. The monoisotopic (exact) mass is 289 g/mol. The predicted molar refractivity (Wildman–Crippen MR) is 79.4 cm³/mol. The van der Waals surface area contributed by atoms with Crippen LogP contribution in [-0.2, 0) is 4.74 Å². The molecule has 2 aromatic rings. The van der Waals surface area contributed by atoms with Gasteiger partial charge < -0.3 is 20.0 Å². The number of hydrogen-bond acceptors (Lipinski definition) is 3. The highest BCUT2D eigenvalue weighted by molar-refractivity contribution is 5.97. The zero-order valence-corrected chi connectivity index (χ0v) is 12.1. The van der Waals surface area contributed by atoms with Gasteiger partial charge in [-0.3, -0.25) is 4.79 Å². The van der Waals surface area contributed by atoms with Crippen LogP contribution in [0.1, 0.15) is 37.0 Å². The average Bonchev–Trinajstić information content (AvgIpc) is 2.74. The molecule has 0 bridgehead atoms. The second kappa shape index (κ2) is 5.37. The van der Waals surface area contributed by atoms with Crippen LogP contribution >= 0.6 is 0 Å². The van der Waals surface area contributed by atoms with Crippen LogP contribution in [0.4, 0.5) is 0 Å². The summed E-state index contributed by atoms with van der Waals surface area (Å²) in [6.45, 7) is 4.03. The van der Waals surface area contributed by atoms with Crippen LogP contribution in [0.3, 0.4) is 0 Å². The minimum atomic E-state index is -0.268. The highest BCUT2D eigenvalue weighted by Gasteiger charge is 2.31. The van der Waals surface area contributed by atoms with Crippen LogP contribution in [0.15, 0.2) is 23.0 Å². The lowest BCUT2D eigenvalue weighted by molar-refractivity contribution is -0.0482. The summed E-state index contributed by atoms with van der Waals surface area (Å²) in [5, 5.41) is 2.99. The Kier molecular flexibility index (Phi) is 3.55. The second-order valence-corrected chi connectivity index (χ2v) is 5.79. The van der Waals surface area contributed by atoms with Gasteiger partial charge in [-0.2, -0.15) is 0 Å². The van der Waals surface area contributed by atoms with Gasteiger partial charge in [-0.05, 0) is 44.9 Å². The van der Waals surface area contributed by atoms with E-state index in [1.807, 2.05) is 13.8 Å². The fraction of sp³-hybridized carbons (Fsp3) is 0.467. The van der Waals surface area contributed by atoms with Crippen LogP contribution in [0.5, 0.6) is 0 Å². The molecule has 1 aromatic heterocycles. The average molecular weight is 289 g/mol. The number of ether oxygens (including phenoxy) is 1. The molecule has 112 valence electrons. The molecule has 0 unspecified atom stereocenters. The zero-order valence-electron chi connectivity index (χ0n) is 12.1. The lowest BCUT2D eigenvalue weighted by Crippen LogP contribution is -2.48. The van der Waals surface area contributed by atoms with Crippen LogP contribution in [0.2, 0.25) is 0 Å². The Labute approximate surface area is 121 Å². The van der Waals surface area contributed by atoms with Crippen molar-refractivity contribution in [3.05, 3.63) is 34.2 Å². The summed E-state index contributed by atoms with van der Waals surface area (Å²) in [5.41, 5.74) is 1.62. The molecule has 3 rings (SSSR count). The first-order valence-electron chi connectivity index (χ1n) is 7.19. The van der Waals surface area contributed by atoms with Gasteiger partial charge in [0, 0.05) is 11.6 Å². The van der Waals surface area contributed by atoms with E-state index in [9.17, 15) is 9.59 Å². The Morgan fingerprint density at radius 2 is 2.00 bits per heavy atom. The van der Waals surface area contributed by atoms with E-state index < -0.39 is 0 Å². The first kappa shape index (κ1) is 13.9. The first-order valence-corrected chi connectivity index (χ1v) is 7.19. The maximum atomic E-state index is 12.2. The van der Waals surface area contributed by atoms with Crippen LogP contribution < -0.4 is 11.0 Å². The quantitative estimate of drug-likeness (QED) is 0.798. The fourth-order valence-electron chi connectivity index (χ4n) is 2.62. The van der Waals surface area contributed by atoms with Crippen molar-refractivity contribution in [2.24, 2.45) is 0 Å². The molecule has 0 aliphatic heterocycles. The third-order valence-electron chi connectivity index (χ3n) is 3.67. The van der Waals surface area contributed by atoms with Gasteiger partial charge >= 0.3 is 5.69 Å². The van der Waals surface area contributed by atoms with Gasteiger partial charge in [0.15, 0.2) is 0 Å². The summed E-state index contributed by atoms with van der Waals surface area (Å²) in [5.74, 6) is -0.119. The number of carbonyl (C=O) groups excluding carboxylic acids is 1. The summed E-state index contributed by atoms with van der Waals surface area (Å²) in [4.78, 5) is 28.7. The van der Waals surface area contributed by atoms with Crippen LogP contribution in [0, 0.1) is 0 Å². The number of H-pyrrole nitrogens is 2. The fourth-order valence-corrected chi connectivity index (χ4v) is 2.62. The van der Waals surface area contributed by atoms with Gasteiger partial charge in [-0.15, -0.1) is 0 Å². The minimum absolute atomic E-state index is 0.119. The second-order valence-electron chi connectivity index (χ2n) is 5.79. The Balaban J connectivity index is 1.61. The van der Waals surface area contributed by atoms with Crippen molar-refractivity contribution in [1.29, 1.82) is 0 Å². The molecule has 1 heterocycles. The normalized spacial score (nSPS) is 21.5. The number of rotatable bonds is 4. The molecule has 0 atom stereocenters. The van der Waals surface area contributed by atoms with E-state index in [-0.39, 0.29) is 29.8 Å². The number of carbonyl (C=O) groups is 1. The maximum Gasteiger partial charge on any atom is 0.323 e. The summed E-state index contributed by atoms with van der Waals surface area (Å²) in [7, 11) is 0. The Morgan fingerprint density at radius 1 is 1.29 bits per heavy atom. The lowest BCUT2D eigenvalue weighted by atomic mass is 9.89. The number of benzene rings is 1. The summed E-state index contributed by atoms with van der Waals surface area (Å²) in [6.07, 6.45) is 2.18. The van der Waals surface area contributed by atoms with Crippen molar-refractivity contribution in [3.8, 4) is 0 Å². The van der Waals surface area contributed by atoms with Gasteiger partial charge in [0.05, 0.1) is 23.2 Å². The standard InChI is InChI=1S/C15H19N3O3/c1-8(2)21-11-6-10(7-11)16-14(19)9-3-4-12-13(5-9)18-15(20)17-12/h3-5,8,10-11H,6-7H2,1-2H3,(H,16,19)(H2,17,18,20). The zero-order chi connectivity index (χ0) is 15.0. The van der Waals surface area contributed by atoms with Gasteiger partial charge in [-0.1, -0.05) is 0 Å². The minimum Gasteiger partial charge on any atom is -0.375 e. The third-order valence-corrected chi connectivity index (χ3v) is 3.67. The molecular formula is C15H19N3O3. The van der Waals surface area contributed by atoms with Crippen molar-refractivity contribution in [2.75, 3.05) is 0 Å². The van der Waals surface area contributed by atoms with Crippen molar-refractivity contribution >= 4 is 16.9 Å². The van der Waals surface area contributed by atoms with Gasteiger partial charge in [0.2, 0.25) is 0 Å². The summed E-state index contributed by atoms with van der Waals surface area (Å²) < 4.78 is 5.67. The van der Waals surface area contributed by atoms with E-state index in [4.69, 9.17) is 4.74 Å². The lowest BCUT2D eigenvalue weighted by Gasteiger charge is -2.36. The molecule has 0 saturated heterocycles. The first-order chi connectivity index (χ1) is 10.0. The number of fused-ring (bicyclic) bond motifs is 1. The van der Waals surface area contributed by atoms with Crippen molar-refractivity contribution < 1.29 is 9.53 Å². The highest BCUT2D eigenvalue weighted by atomic mass is 16.5. The van der Waals surface area contributed by atoms with Gasteiger partial charge in [0.25, 0.3) is 5.91 Å². The van der Waals surface area contributed by atoms with E-state index in [1.165, 1.54) is 0 Å². The molecule has 1 aliphatic carbocycles. The molecule has 21 heavy (non-hydrogen) atoms. The number of hydrogen-bond donors (Lipinski definition) is 3. The SMILES string of the molecule is CC(C)OC1CC(NC(=O)c2ccc3[nH]c(=O)[nH]c3c2)C1. The number of aromatic amines is 2. The third kappa shape index (κ3) is 3.00. The largest absolute Gasteiger partial charge is 0.375 e. The van der Waals surface area contributed by atoms with E-state index in [1.54, 1.807) is 18.2 Å². The number of amides is 1. The van der Waals surface area contributed by atoms with Crippen LogP contribution in [0.25, 0.3) is 11.0 Å². The molecule has 0 spiro atoms. The molecule has 6 nitrogen and oxygen atoms in total. The topological polar surface area (TPSA) is 87.0 Å². The smallest absolute Gasteiger partial charge is 0.323 e. The van der Waals surface area contributed by atoms with E-state index >= 15 is 0 Å². The number of aromatic nitrogens is 2. The van der Waals surface area contributed by atoms with Crippen LogP contribution in [-0.4, -0.2) is 34.1 Å². The molecule has 6 heteroatoms. The van der Waals surface area contributed by atoms with Crippen molar-refractivity contribution in [3.63, 3.8) is 0 Å². The molecule has 1 aromatic carbocycles. The number of nitrogens with one attached hydrogen (secondary N) is 3. The van der Waals surface area contributed by atoms with E-state index in [0.717, 1.165) is 12.8 Å². The molecule has 1 aliphatic rings. The molecular weight excluding hydrogens is 270 g/mol. The van der Waals surface area contributed by atoms with E-state index in [2.05, 4.69) is 15.3 Å². The summed E-state index contributed by atoms with van der Waals surface area (Å²) in [6, 6.07) is 5.29. The van der Waals surface area contributed by atoms with Crippen molar-refractivity contribution in [1.82, 2.24) is 15.3 Å². The van der Waals surface area contributed by atoms with Crippen molar-refractivity contribution in [2.45, 2.75) is 44.9 Å². The Morgan fingerprint density at radius 3 is 2.71 bits per heavy atom. The molecule has 0 radical (unpaired) electrons. The van der Waals surface area contributed by atoms with Gasteiger partial charge in [-0.25, -0.2) is 4.79 Å². The Hall–Kier alpha value is -2.08. The van der Waals surface area contributed by atoms with Gasteiger partial charge in [0.1, 0.15) is 0 Å². The maximum absolute atomic E-state index is 12.2. The van der Waals surface area contributed by atoms with E-state index in [0.29, 0.717) is 16.6 Å². The molecule has 1 amide bonds. The number of imidazole rings is 1. The molecule has 1 saturated carbocycles. The molecule has 3 N–H and O–H groups in total. The molecule has 1 fully saturated rings. The predicted octanol–water partition coefficient (Wildman–Crippen LogP) is 1.54.